The molecule has 0 unspecified atom stereocenters. The fourth-order valence-corrected chi connectivity index (χ4v) is 0.385. The van der Waals surface area contributed by atoms with E-state index in [1.165, 1.54) is 0 Å². The highest BCUT2D eigenvalue weighted by atomic mass is 28.3. The molecule has 0 spiro atoms. The van der Waals surface area contributed by atoms with Gasteiger partial charge >= 0.3 is 0 Å². The normalized spacial score (nSPS) is 8.27. The van der Waals surface area contributed by atoms with Gasteiger partial charge in [-0.25, -0.2) is 0 Å². The molecule has 1 heteroatoms. The molecule has 0 nitrogen and oxygen atoms in total. The van der Waals surface area contributed by atoms with Gasteiger partial charge in [-0.05, 0) is 0 Å². The van der Waals surface area contributed by atoms with Crippen molar-refractivity contribution in [2.24, 2.45) is 0 Å². The number of hydrogen-bond acceptors (Lipinski definition) is 0. The zero-order valence-electron chi connectivity index (χ0n) is 7.33. The molecule has 1 rings (SSSR count). The van der Waals surface area contributed by atoms with Crippen molar-refractivity contribution in [1.82, 2.24) is 0 Å². The summed E-state index contributed by atoms with van der Waals surface area (Å²) in [5.41, 5.74) is 2.06. The molecule has 0 heterocycles. The van der Waals surface area contributed by atoms with E-state index in [0.29, 0.717) is 0 Å². The molecule has 0 bridgehead atoms. The summed E-state index contributed by atoms with van der Waals surface area (Å²) in [6, 6.07) is 12.0. The van der Waals surface area contributed by atoms with Crippen molar-refractivity contribution >= 4 is 8.80 Å². The van der Waals surface area contributed by atoms with E-state index in [4.69, 9.17) is 0 Å². The topological polar surface area (TPSA) is 0 Å². The van der Waals surface area contributed by atoms with Gasteiger partial charge in [-0.15, -0.1) is 12.3 Å². The molecule has 0 aliphatic rings. The standard InChI is InChI=1S/C6H6.C4H10Si/c1-2-4-6-5-3-1;1-4-5(2)3/h1-6H;4-5H,1H2,2-3H3. The Morgan fingerprint density at radius 3 is 1.18 bits per heavy atom. The first-order chi connectivity index (χ1) is 5.27. The summed E-state index contributed by atoms with van der Waals surface area (Å²) < 4.78 is 0. The molecular formula is C10H16Si. The van der Waals surface area contributed by atoms with Crippen LogP contribution in [-0.4, -0.2) is 8.80 Å². The molecule has 60 valence electrons. The SMILES string of the molecule is C=C[SiH](C)C.c1ccccc1. The second kappa shape index (κ2) is 7.29. The Morgan fingerprint density at radius 1 is 0.909 bits per heavy atom. The van der Waals surface area contributed by atoms with E-state index in [1.54, 1.807) is 0 Å². The van der Waals surface area contributed by atoms with Gasteiger partial charge in [0.05, 0.1) is 8.80 Å². The van der Waals surface area contributed by atoms with Crippen LogP contribution in [0.5, 0.6) is 0 Å². The van der Waals surface area contributed by atoms with Crippen LogP contribution < -0.4 is 0 Å². The Kier molecular flexibility index (Phi) is 6.74. The average molecular weight is 164 g/mol. The fraction of sp³-hybridized carbons (Fsp3) is 0.200. The maximum Gasteiger partial charge on any atom is 0.0546 e. The Morgan fingerprint density at radius 2 is 1.09 bits per heavy atom. The van der Waals surface area contributed by atoms with E-state index in [9.17, 15) is 0 Å². The zero-order valence-corrected chi connectivity index (χ0v) is 8.48. The summed E-state index contributed by atoms with van der Waals surface area (Å²) in [6.07, 6.45) is 0. The second-order valence-electron chi connectivity index (χ2n) is 2.63. The summed E-state index contributed by atoms with van der Waals surface area (Å²) in [7, 11) is -0.386. The van der Waals surface area contributed by atoms with Crippen molar-refractivity contribution in [2.75, 3.05) is 0 Å². The van der Waals surface area contributed by atoms with Crippen LogP contribution in [0, 0.1) is 0 Å². The Hall–Kier alpha value is -0.823. The molecule has 0 saturated heterocycles. The predicted octanol–water partition coefficient (Wildman–Crippen LogP) is 2.88. The van der Waals surface area contributed by atoms with Gasteiger partial charge in [0.2, 0.25) is 0 Å². The first kappa shape index (κ1) is 10.2. The van der Waals surface area contributed by atoms with Gasteiger partial charge in [0, 0.05) is 0 Å². The monoisotopic (exact) mass is 164 g/mol. The van der Waals surface area contributed by atoms with Crippen molar-refractivity contribution in [3.63, 3.8) is 0 Å². The maximum absolute atomic E-state index is 3.62. The quantitative estimate of drug-likeness (QED) is 0.560. The van der Waals surface area contributed by atoms with E-state index < -0.39 is 0 Å². The molecule has 0 atom stereocenters. The minimum absolute atomic E-state index is 0.386. The largest absolute Gasteiger partial charge is 0.107 e. The van der Waals surface area contributed by atoms with E-state index >= 15 is 0 Å². The first-order valence-electron chi connectivity index (χ1n) is 3.90. The number of hydrogen-bond donors (Lipinski definition) is 0. The lowest BCUT2D eigenvalue weighted by atomic mass is 10.4. The summed E-state index contributed by atoms with van der Waals surface area (Å²) in [5.74, 6) is 0. The molecule has 1 aromatic rings. The molecule has 0 N–H and O–H groups in total. The average Bonchev–Trinajstić information content (AvgIpc) is 2.09. The highest BCUT2D eigenvalue weighted by molar-refractivity contribution is 6.61. The van der Waals surface area contributed by atoms with Crippen LogP contribution in [0.1, 0.15) is 0 Å². The van der Waals surface area contributed by atoms with Gasteiger partial charge in [0.25, 0.3) is 0 Å². The number of rotatable bonds is 1. The van der Waals surface area contributed by atoms with Gasteiger partial charge in [-0.3, -0.25) is 0 Å². The first-order valence-corrected chi connectivity index (χ1v) is 6.87. The third-order valence-corrected chi connectivity index (χ3v) is 2.08. The Labute approximate surface area is 71.2 Å². The van der Waals surface area contributed by atoms with E-state index in [2.05, 4.69) is 25.4 Å². The fourth-order valence-electron chi connectivity index (χ4n) is 0.385. The summed E-state index contributed by atoms with van der Waals surface area (Å²) in [5, 5.41) is 0. The van der Waals surface area contributed by atoms with Crippen LogP contribution in [0.3, 0.4) is 0 Å². The lowest BCUT2D eigenvalue weighted by Crippen LogP contribution is -1.89. The molecule has 0 saturated carbocycles. The molecule has 0 aromatic heterocycles. The molecule has 11 heavy (non-hydrogen) atoms. The minimum Gasteiger partial charge on any atom is -0.107 e. The van der Waals surface area contributed by atoms with Crippen LogP contribution in [-0.2, 0) is 0 Å². The summed E-state index contributed by atoms with van der Waals surface area (Å²) in [6.45, 7) is 8.11. The van der Waals surface area contributed by atoms with Crippen molar-refractivity contribution in [3.05, 3.63) is 48.7 Å². The van der Waals surface area contributed by atoms with E-state index in [1.807, 2.05) is 36.4 Å². The molecular weight excluding hydrogens is 148 g/mol. The van der Waals surface area contributed by atoms with E-state index in [0.717, 1.165) is 0 Å². The number of benzene rings is 1. The maximum atomic E-state index is 3.62. The lowest BCUT2D eigenvalue weighted by molar-refractivity contribution is 1.72. The van der Waals surface area contributed by atoms with Crippen LogP contribution in [0.25, 0.3) is 0 Å². The van der Waals surface area contributed by atoms with Crippen molar-refractivity contribution in [3.8, 4) is 0 Å². The minimum atomic E-state index is -0.386. The molecule has 0 aliphatic carbocycles. The third kappa shape index (κ3) is 9.18. The van der Waals surface area contributed by atoms with Crippen LogP contribution in [0.15, 0.2) is 48.7 Å². The highest BCUT2D eigenvalue weighted by Gasteiger charge is 1.77. The predicted molar refractivity (Wildman–Crippen MR) is 55.5 cm³/mol. The molecule has 0 aliphatic heterocycles. The highest BCUT2D eigenvalue weighted by Crippen LogP contribution is 1.79. The van der Waals surface area contributed by atoms with Crippen molar-refractivity contribution < 1.29 is 0 Å². The van der Waals surface area contributed by atoms with Gasteiger partial charge in [0.1, 0.15) is 0 Å². The van der Waals surface area contributed by atoms with Crippen LogP contribution in [0.4, 0.5) is 0 Å². The van der Waals surface area contributed by atoms with Gasteiger partial charge in [0.15, 0.2) is 0 Å². The van der Waals surface area contributed by atoms with E-state index in [-0.39, 0.29) is 8.80 Å². The summed E-state index contributed by atoms with van der Waals surface area (Å²) in [4.78, 5) is 0. The van der Waals surface area contributed by atoms with Gasteiger partial charge < -0.3 is 0 Å². The molecule has 0 fully saturated rings. The summed E-state index contributed by atoms with van der Waals surface area (Å²) >= 11 is 0. The zero-order chi connectivity index (χ0) is 8.53. The Balaban J connectivity index is 0.000000187. The third-order valence-electron chi connectivity index (χ3n) is 1.14. The second-order valence-corrected chi connectivity index (χ2v) is 5.59. The molecule has 0 radical (unpaired) electrons. The van der Waals surface area contributed by atoms with Crippen molar-refractivity contribution in [1.29, 1.82) is 0 Å². The smallest absolute Gasteiger partial charge is 0.0546 e. The Bertz CT molecular complexity index is 141. The molecule has 1 aromatic carbocycles. The van der Waals surface area contributed by atoms with Gasteiger partial charge in [-0.1, -0.05) is 49.5 Å². The van der Waals surface area contributed by atoms with Crippen molar-refractivity contribution in [2.45, 2.75) is 13.1 Å². The lowest BCUT2D eigenvalue weighted by Gasteiger charge is -1.81. The van der Waals surface area contributed by atoms with Crippen LogP contribution >= 0.6 is 0 Å². The van der Waals surface area contributed by atoms with Crippen LogP contribution in [0.2, 0.25) is 13.1 Å². The molecule has 0 amide bonds. The van der Waals surface area contributed by atoms with Gasteiger partial charge in [-0.2, -0.15) is 0 Å².